The molecule has 2 aliphatic heterocycles. The third-order valence-electron chi connectivity index (χ3n) is 8.76. The second-order valence-corrected chi connectivity index (χ2v) is 13.3. The van der Waals surface area contributed by atoms with Crippen molar-refractivity contribution in [1.29, 1.82) is 0 Å². The van der Waals surface area contributed by atoms with Gasteiger partial charge in [0, 0.05) is 25.9 Å². The van der Waals surface area contributed by atoms with Crippen molar-refractivity contribution in [2.75, 3.05) is 20.2 Å². The average molecular weight is 620 g/mol. The quantitative estimate of drug-likeness (QED) is 0.270. The fraction of sp³-hybridized carbons (Fsp3) is 0.552. The van der Waals surface area contributed by atoms with E-state index in [1.807, 2.05) is 25.1 Å². The summed E-state index contributed by atoms with van der Waals surface area (Å²) in [5.74, 6) is 0.260. The van der Waals surface area contributed by atoms with Crippen molar-refractivity contribution < 1.29 is 49.0 Å². The smallest absolute Gasteiger partial charge is 0.417 e. The average Bonchev–Trinajstić information content (AvgIpc) is 3.76. The first-order valence-electron chi connectivity index (χ1n) is 13.7. The van der Waals surface area contributed by atoms with Gasteiger partial charge in [-0.15, -0.1) is 0 Å². The fourth-order valence-electron chi connectivity index (χ4n) is 6.26. The minimum atomic E-state index is -5.17. The minimum absolute atomic E-state index is 0.0495. The van der Waals surface area contributed by atoms with Crippen molar-refractivity contribution in [3.8, 4) is 5.75 Å². The van der Waals surface area contributed by atoms with Gasteiger partial charge in [0.1, 0.15) is 11.4 Å². The van der Waals surface area contributed by atoms with E-state index in [1.54, 1.807) is 0 Å². The summed E-state index contributed by atoms with van der Waals surface area (Å²) in [7, 11) is -3.55. The van der Waals surface area contributed by atoms with Crippen molar-refractivity contribution in [3.05, 3.63) is 58.7 Å². The zero-order chi connectivity index (χ0) is 30.7. The molecule has 1 spiro atoms. The third-order valence-corrected chi connectivity index (χ3v) is 10.7. The van der Waals surface area contributed by atoms with Crippen LogP contribution in [0, 0.1) is 11.8 Å². The number of nitrogens with zero attached hydrogens (tertiary/aromatic N) is 1. The summed E-state index contributed by atoms with van der Waals surface area (Å²) < 4.78 is 120. The highest BCUT2D eigenvalue weighted by molar-refractivity contribution is 7.89. The molecule has 1 saturated carbocycles. The van der Waals surface area contributed by atoms with E-state index in [1.165, 1.54) is 7.11 Å². The molecule has 0 amide bonds. The number of esters is 1. The maximum atomic E-state index is 13.6. The summed E-state index contributed by atoms with van der Waals surface area (Å²) in [4.78, 5) is 10.9. The van der Waals surface area contributed by atoms with Gasteiger partial charge in [0.05, 0.1) is 29.1 Å². The Balaban J connectivity index is 1.37. The normalized spacial score (nSPS) is 20.9. The molecule has 6 nitrogen and oxygen atoms in total. The minimum Gasteiger partial charge on any atom is -0.487 e. The number of carbonyl (C=O) groups excluding carboxylic acids is 1. The lowest BCUT2D eigenvalue weighted by molar-refractivity contribution is -0.146. The predicted molar refractivity (Wildman–Crippen MR) is 139 cm³/mol. The standard InChI is InChI=1S/C29H31F6NO5S/c1-17(26(37)40-2)25(19-4-5-19)20-6-3-18-9-10-27(41-23(18)15-20)11-13-36(14-12-27)42(38,39)24-16-21(28(30,31)32)7-8-22(24)29(33,34)35/h3,6-8,15-17,19,25H,4-5,9-14H2,1-2H3. The maximum Gasteiger partial charge on any atom is 0.417 e. The molecule has 0 bridgehead atoms. The van der Waals surface area contributed by atoms with Gasteiger partial charge in [0.15, 0.2) is 0 Å². The van der Waals surface area contributed by atoms with Gasteiger partial charge in [-0.1, -0.05) is 19.1 Å². The van der Waals surface area contributed by atoms with Crippen molar-refractivity contribution in [2.24, 2.45) is 11.8 Å². The second kappa shape index (κ2) is 10.7. The number of sulfonamides is 1. The molecule has 0 radical (unpaired) electrons. The summed E-state index contributed by atoms with van der Waals surface area (Å²) in [5.41, 5.74) is -2.00. The maximum absolute atomic E-state index is 13.6. The molecule has 2 atom stereocenters. The molecule has 0 N–H and O–H groups in total. The van der Waals surface area contributed by atoms with E-state index in [-0.39, 0.29) is 61.9 Å². The number of halogens is 6. The number of rotatable bonds is 6. The van der Waals surface area contributed by atoms with Gasteiger partial charge in [-0.05, 0) is 72.9 Å². The topological polar surface area (TPSA) is 72.9 Å². The predicted octanol–water partition coefficient (Wildman–Crippen LogP) is 6.58. The Morgan fingerprint density at radius 3 is 2.24 bits per heavy atom. The molecule has 42 heavy (non-hydrogen) atoms. The lowest BCUT2D eigenvalue weighted by Crippen LogP contribution is -2.51. The Morgan fingerprint density at radius 2 is 1.67 bits per heavy atom. The van der Waals surface area contributed by atoms with Crippen molar-refractivity contribution in [2.45, 2.75) is 74.2 Å². The van der Waals surface area contributed by atoms with Crippen LogP contribution in [0.2, 0.25) is 0 Å². The van der Waals surface area contributed by atoms with Gasteiger partial charge in [0.2, 0.25) is 10.0 Å². The number of hydrogen-bond acceptors (Lipinski definition) is 5. The Morgan fingerprint density at radius 1 is 1.00 bits per heavy atom. The van der Waals surface area contributed by atoms with Crippen LogP contribution in [0.15, 0.2) is 41.3 Å². The van der Waals surface area contributed by atoms with Crippen LogP contribution in [-0.2, 0) is 38.3 Å². The molecular weight excluding hydrogens is 588 g/mol. The Kier molecular flexibility index (Phi) is 7.83. The van der Waals surface area contributed by atoms with Gasteiger partial charge in [-0.3, -0.25) is 4.79 Å². The van der Waals surface area contributed by atoms with Crippen molar-refractivity contribution in [1.82, 2.24) is 4.31 Å². The van der Waals surface area contributed by atoms with E-state index in [2.05, 4.69) is 0 Å². The number of carbonyl (C=O) groups is 1. The van der Waals surface area contributed by atoms with E-state index in [0.717, 1.165) is 28.3 Å². The summed E-state index contributed by atoms with van der Waals surface area (Å²) in [6.07, 6.45) is -6.69. The Bertz CT molecular complexity index is 1460. The zero-order valence-electron chi connectivity index (χ0n) is 23.0. The van der Waals surface area contributed by atoms with E-state index >= 15 is 0 Å². The van der Waals surface area contributed by atoms with E-state index in [9.17, 15) is 39.6 Å². The van der Waals surface area contributed by atoms with Crippen molar-refractivity contribution >= 4 is 16.0 Å². The molecule has 13 heteroatoms. The number of fused-ring (bicyclic) bond motifs is 1. The van der Waals surface area contributed by atoms with E-state index < -0.39 is 44.0 Å². The molecule has 2 aromatic carbocycles. The zero-order valence-corrected chi connectivity index (χ0v) is 23.8. The van der Waals surface area contributed by atoms with E-state index in [4.69, 9.17) is 9.47 Å². The Hall–Kier alpha value is -2.80. The summed E-state index contributed by atoms with van der Waals surface area (Å²) in [5, 5.41) is 0. The van der Waals surface area contributed by atoms with Gasteiger partial charge >= 0.3 is 18.3 Å². The first kappa shape index (κ1) is 30.7. The molecule has 230 valence electrons. The molecule has 2 aromatic rings. The summed E-state index contributed by atoms with van der Waals surface area (Å²) >= 11 is 0. The van der Waals surface area contributed by atoms with Crippen LogP contribution >= 0.6 is 0 Å². The van der Waals surface area contributed by atoms with Crippen LogP contribution in [0.5, 0.6) is 5.75 Å². The highest BCUT2D eigenvalue weighted by atomic mass is 32.2. The molecular formula is C29H31F6NO5S. The van der Waals surface area contributed by atoms with Gasteiger partial charge in [-0.25, -0.2) is 8.42 Å². The third kappa shape index (κ3) is 5.86. The molecule has 2 heterocycles. The van der Waals surface area contributed by atoms with Gasteiger partial charge in [-0.2, -0.15) is 30.6 Å². The van der Waals surface area contributed by atoms with Gasteiger partial charge < -0.3 is 9.47 Å². The summed E-state index contributed by atoms with van der Waals surface area (Å²) in [6, 6.07) is 6.32. The van der Waals surface area contributed by atoms with Crippen LogP contribution in [-0.4, -0.2) is 44.5 Å². The summed E-state index contributed by atoms with van der Waals surface area (Å²) in [6.45, 7) is 1.41. The van der Waals surface area contributed by atoms with E-state index in [0.29, 0.717) is 24.5 Å². The first-order chi connectivity index (χ1) is 19.6. The SMILES string of the molecule is COC(=O)C(C)C(c1ccc2c(c1)OC1(CC2)CCN(S(=O)(=O)c2cc(C(F)(F)F)ccc2C(F)(F)F)CC1)C1CC1. The highest BCUT2D eigenvalue weighted by Crippen LogP contribution is 2.49. The molecule has 2 fully saturated rings. The second-order valence-electron chi connectivity index (χ2n) is 11.4. The van der Waals surface area contributed by atoms with Gasteiger partial charge in [0.25, 0.3) is 0 Å². The molecule has 1 saturated heterocycles. The van der Waals surface area contributed by atoms with Crippen LogP contribution in [0.4, 0.5) is 26.3 Å². The fourth-order valence-corrected chi connectivity index (χ4v) is 7.93. The number of alkyl halides is 6. The lowest BCUT2D eigenvalue weighted by Gasteiger charge is -2.44. The number of methoxy groups -OCH3 is 1. The van der Waals surface area contributed by atoms with Crippen LogP contribution in [0.3, 0.4) is 0 Å². The largest absolute Gasteiger partial charge is 0.487 e. The number of aryl methyl sites for hydroxylation is 1. The van der Waals surface area contributed by atoms with Crippen LogP contribution in [0.25, 0.3) is 0 Å². The Labute approximate surface area is 240 Å². The molecule has 5 rings (SSSR count). The number of hydrogen-bond donors (Lipinski definition) is 0. The molecule has 2 unspecified atom stereocenters. The lowest BCUT2D eigenvalue weighted by atomic mass is 9.80. The van der Waals surface area contributed by atoms with Crippen LogP contribution in [0.1, 0.15) is 67.2 Å². The monoisotopic (exact) mass is 619 g/mol. The molecule has 1 aliphatic carbocycles. The molecule has 0 aromatic heterocycles. The van der Waals surface area contributed by atoms with Crippen molar-refractivity contribution in [3.63, 3.8) is 0 Å². The van der Waals surface area contributed by atoms with Crippen LogP contribution < -0.4 is 4.74 Å². The number of piperidine rings is 1. The first-order valence-corrected chi connectivity index (χ1v) is 15.2. The molecule has 3 aliphatic rings. The number of ether oxygens (including phenoxy) is 2. The highest BCUT2D eigenvalue weighted by Gasteiger charge is 2.46. The number of benzene rings is 2.